The lowest BCUT2D eigenvalue weighted by Crippen LogP contribution is -2.29. The maximum Gasteiger partial charge on any atom is 0.472 e. The van der Waals surface area contributed by atoms with E-state index in [1.807, 2.05) is 0 Å². The van der Waals surface area contributed by atoms with Crippen molar-refractivity contribution in [1.82, 2.24) is 0 Å². The third-order valence-electron chi connectivity index (χ3n) is 9.08. The molecular weight excluding hydrogens is 695 g/mol. The van der Waals surface area contributed by atoms with Gasteiger partial charge in [0.25, 0.3) is 0 Å². The highest BCUT2D eigenvalue weighted by molar-refractivity contribution is 7.47. The van der Waals surface area contributed by atoms with Crippen LogP contribution in [-0.2, 0) is 32.7 Å². The van der Waals surface area contributed by atoms with Crippen molar-refractivity contribution < 1.29 is 47.8 Å². The number of phosphoric ester groups is 1. The van der Waals surface area contributed by atoms with E-state index in [1.165, 1.54) is 83.5 Å². The first-order valence-electron chi connectivity index (χ1n) is 21.3. The average Bonchev–Trinajstić information content (AvgIpc) is 3.14. The largest absolute Gasteiger partial charge is 0.472 e. The Morgan fingerprint density at radius 3 is 1.36 bits per heavy atom. The number of carbonyl (C=O) groups is 2. The van der Waals surface area contributed by atoms with Crippen LogP contribution in [0.1, 0.15) is 194 Å². The van der Waals surface area contributed by atoms with E-state index in [2.05, 4.69) is 42.7 Å². The minimum atomic E-state index is -4.62. The van der Waals surface area contributed by atoms with Gasteiger partial charge in [-0.3, -0.25) is 18.6 Å². The van der Waals surface area contributed by atoms with Crippen LogP contribution in [0, 0.1) is 0 Å². The lowest BCUT2D eigenvalue weighted by molar-refractivity contribution is -0.161. The van der Waals surface area contributed by atoms with Gasteiger partial charge in [0.15, 0.2) is 6.10 Å². The van der Waals surface area contributed by atoms with Crippen LogP contribution in [-0.4, -0.2) is 65.7 Å². The van der Waals surface area contributed by atoms with Crippen molar-refractivity contribution in [2.24, 2.45) is 0 Å². The smallest absolute Gasteiger partial charge is 0.462 e. The number of aliphatic hydroxyl groups is 2. The molecular formula is C42H79O10P. The zero-order chi connectivity index (χ0) is 39.1. The summed E-state index contributed by atoms with van der Waals surface area (Å²) >= 11 is 0. The number of rotatable bonds is 40. The number of ether oxygens (including phenoxy) is 2. The van der Waals surface area contributed by atoms with E-state index in [-0.39, 0.29) is 19.4 Å². The number of unbranched alkanes of at least 4 members (excludes halogenated alkanes) is 22. The summed E-state index contributed by atoms with van der Waals surface area (Å²) in [7, 11) is -4.62. The van der Waals surface area contributed by atoms with Crippen LogP contribution in [0.5, 0.6) is 0 Å². The molecule has 0 aromatic heterocycles. The van der Waals surface area contributed by atoms with Crippen LogP contribution >= 0.6 is 7.82 Å². The third kappa shape index (κ3) is 38.5. The summed E-state index contributed by atoms with van der Waals surface area (Å²) in [6.07, 6.45) is 37.1. The molecule has 11 heteroatoms. The molecule has 0 saturated heterocycles. The Kier molecular flexibility index (Phi) is 37.6. The third-order valence-corrected chi connectivity index (χ3v) is 10.0. The Bertz CT molecular complexity index is 941. The summed E-state index contributed by atoms with van der Waals surface area (Å²) in [6, 6.07) is 0. The van der Waals surface area contributed by atoms with Crippen molar-refractivity contribution in [3.05, 3.63) is 24.3 Å². The Morgan fingerprint density at radius 2 is 0.925 bits per heavy atom. The van der Waals surface area contributed by atoms with E-state index in [4.69, 9.17) is 19.1 Å². The molecule has 3 N–H and O–H groups in total. The summed E-state index contributed by atoms with van der Waals surface area (Å²) in [5.41, 5.74) is 0. The predicted molar refractivity (Wildman–Crippen MR) is 215 cm³/mol. The van der Waals surface area contributed by atoms with Gasteiger partial charge in [0.05, 0.1) is 19.8 Å². The SMILES string of the molecule is CCCCCCCCC=CCCCCCCCC(=O)OCC(COP(=O)(O)OCC(O)CO)OC(=O)CCCCCCCC=CCCCCCCCC. The molecule has 0 bridgehead atoms. The van der Waals surface area contributed by atoms with Gasteiger partial charge in [-0.05, 0) is 64.2 Å². The van der Waals surface area contributed by atoms with E-state index >= 15 is 0 Å². The zero-order valence-electron chi connectivity index (χ0n) is 33.7. The second-order valence-electron chi connectivity index (χ2n) is 14.4. The van der Waals surface area contributed by atoms with Crippen LogP contribution in [0.15, 0.2) is 24.3 Å². The lowest BCUT2D eigenvalue weighted by Gasteiger charge is -2.20. The summed E-state index contributed by atoms with van der Waals surface area (Å²) in [4.78, 5) is 34.9. The number of esters is 2. The van der Waals surface area contributed by atoms with Gasteiger partial charge in [0, 0.05) is 12.8 Å². The van der Waals surface area contributed by atoms with Crippen molar-refractivity contribution in [3.8, 4) is 0 Å². The summed E-state index contributed by atoms with van der Waals surface area (Å²) in [5, 5.41) is 18.3. The van der Waals surface area contributed by atoms with Crippen molar-refractivity contribution >= 4 is 19.8 Å². The van der Waals surface area contributed by atoms with Crippen LogP contribution in [0.4, 0.5) is 0 Å². The van der Waals surface area contributed by atoms with Crippen LogP contribution in [0.25, 0.3) is 0 Å². The van der Waals surface area contributed by atoms with E-state index in [0.29, 0.717) is 12.8 Å². The van der Waals surface area contributed by atoms with E-state index < -0.39 is 51.8 Å². The molecule has 0 rings (SSSR count). The van der Waals surface area contributed by atoms with Crippen molar-refractivity contribution in [1.29, 1.82) is 0 Å². The van der Waals surface area contributed by atoms with Gasteiger partial charge in [0.2, 0.25) is 0 Å². The average molecular weight is 775 g/mol. The van der Waals surface area contributed by atoms with E-state index in [1.54, 1.807) is 0 Å². The fourth-order valence-corrected chi connectivity index (χ4v) is 6.54. The molecule has 0 saturated carbocycles. The molecule has 0 aliphatic rings. The molecule has 312 valence electrons. The Morgan fingerprint density at radius 1 is 0.547 bits per heavy atom. The van der Waals surface area contributed by atoms with Gasteiger partial charge in [-0.15, -0.1) is 0 Å². The molecule has 3 unspecified atom stereocenters. The van der Waals surface area contributed by atoms with Gasteiger partial charge in [-0.1, -0.05) is 141 Å². The summed E-state index contributed by atoms with van der Waals surface area (Å²) < 4.78 is 32.7. The van der Waals surface area contributed by atoms with Crippen LogP contribution in [0.2, 0.25) is 0 Å². The Hall–Kier alpha value is -1.55. The molecule has 0 spiro atoms. The molecule has 0 aromatic carbocycles. The number of carbonyl (C=O) groups excluding carboxylic acids is 2. The van der Waals surface area contributed by atoms with Crippen LogP contribution < -0.4 is 0 Å². The van der Waals surface area contributed by atoms with E-state index in [0.717, 1.165) is 70.6 Å². The molecule has 0 radical (unpaired) electrons. The minimum absolute atomic E-state index is 0.174. The van der Waals surface area contributed by atoms with Gasteiger partial charge in [-0.2, -0.15) is 0 Å². The highest BCUT2D eigenvalue weighted by Crippen LogP contribution is 2.43. The van der Waals surface area contributed by atoms with E-state index in [9.17, 15) is 24.2 Å². The maximum atomic E-state index is 12.6. The molecule has 3 atom stereocenters. The predicted octanol–water partition coefficient (Wildman–Crippen LogP) is 11.0. The lowest BCUT2D eigenvalue weighted by atomic mass is 10.1. The van der Waals surface area contributed by atoms with Gasteiger partial charge >= 0.3 is 19.8 Å². The first-order valence-corrected chi connectivity index (χ1v) is 22.8. The standard InChI is InChI=1S/C42H79O10P/c1-3-5-7-9-11-13-15-17-19-21-23-25-27-29-31-33-41(45)49-37-40(38-51-53(47,48)50-36-39(44)35-43)52-42(46)34-32-30-28-26-24-22-20-18-16-14-12-10-8-6-4-2/h17-20,39-40,43-44H,3-16,21-38H2,1-2H3,(H,47,48). The highest BCUT2D eigenvalue weighted by atomic mass is 31.2. The second kappa shape index (κ2) is 38.7. The van der Waals surface area contributed by atoms with Crippen LogP contribution in [0.3, 0.4) is 0 Å². The number of allylic oxidation sites excluding steroid dienone is 4. The van der Waals surface area contributed by atoms with Gasteiger partial charge in [-0.25, -0.2) is 4.57 Å². The molecule has 10 nitrogen and oxygen atoms in total. The molecule has 0 aliphatic heterocycles. The molecule has 0 amide bonds. The fraction of sp³-hybridized carbons (Fsp3) is 0.857. The first kappa shape index (κ1) is 51.5. The first-order chi connectivity index (χ1) is 25.7. The topological polar surface area (TPSA) is 149 Å². The monoisotopic (exact) mass is 775 g/mol. The Labute approximate surface area is 323 Å². The number of phosphoric acid groups is 1. The fourth-order valence-electron chi connectivity index (χ4n) is 5.75. The number of aliphatic hydroxyl groups excluding tert-OH is 2. The van der Waals surface area contributed by atoms with Gasteiger partial charge < -0.3 is 24.6 Å². The quantitative estimate of drug-likeness (QED) is 0.0238. The van der Waals surface area contributed by atoms with Crippen molar-refractivity contribution in [2.45, 2.75) is 206 Å². The van der Waals surface area contributed by atoms with Crippen molar-refractivity contribution in [2.75, 3.05) is 26.4 Å². The molecule has 0 heterocycles. The number of hydrogen-bond acceptors (Lipinski definition) is 9. The summed E-state index contributed by atoms with van der Waals surface area (Å²) in [6.45, 7) is 2.36. The van der Waals surface area contributed by atoms with Gasteiger partial charge in [0.1, 0.15) is 12.7 Å². The molecule has 0 aromatic rings. The number of hydrogen-bond donors (Lipinski definition) is 3. The molecule has 53 heavy (non-hydrogen) atoms. The minimum Gasteiger partial charge on any atom is -0.462 e. The molecule has 0 aliphatic carbocycles. The second-order valence-corrected chi connectivity index (χ2v) is 15.8. The zero-order valence-corrected chi connectivity index (χ0v) is 34.6. The highest BCUT2D eigenvalue weighted by Gasteiger charge is 2.27. The Balaban J connectivity index is 4.33. The normalized spacial score (nSPS) is 14.1. The van der Waals surface area contributed by atoms with Crippen molar-refractivity contribution in [3.63, 3.8) is 0 Å². The molecule has 0 fully saturated rings. The summed E-state index contributed by atoms with van der Waals surface area (Å²) in [5.74, 6) is -0.940. The maximum absolute atomic E-state index is 12.6.